The summed E-state index contributed by atoms with van der Waals surface area (Å²) in [5.74, 6) is 1.39. The Labute approximate surface area is 130 Å². The summed E-state index contributed by atoms with van der Waals surface area (Å²) in [5.41, 5.74) is 11.2. The minimum Gasteiger partial charge on any atom is -0.469 e. The predicted octanol–water partition coefficient (Wildman–Crippen LogP) is 4.15. The first-order chi connectivity index (χ1) is 10.6. The summed E-state index contributed by atoms with van der Waals surface area (Å²) in [6, 6.07) is 12.2. The number of anilines is 2. The van der Waals surface area contributed by atoms with E-state index >= 15 is 0 Å². The molecule has 0 atom stereocenters. The van der Waals surface area contributed by atoms with E-state index in [1.165, 1.54) is 5.56 Å². The molecule has 0 unspecified atom stereocenters. The molecule has 0 saturated heterocycles. The van der Waals surface area contributed by atoms with E-state index in [0.29, 0.717) is 12.4 Å². The Hall–Kier alpha value is -2.75. The van der Waals surface area contributed by atoms with Crippen molar-refractivity contribution in [3.63, 3.8) is 0 Å². The number of nitrogens with one attached hydrogen (secondary N) is 1. The largest absolute Gasteiger partial charge is 0.469 e. The summed E-state index contributed by atoms with van der Waals surface area (Å²) in [6.07, 6.45) is 3.55. The van der Waals surface area contributed by atoms with E-state index < -0.39 is 0 Å². The van der Waals surface area contributed by atoms with Crippen LogP contribution in [0.4, 0.5) is 11.5 Å². The molecule has 0 saturated carbocycles. The van der Waals surface area contributed by atoms with Crippen molar-refractivity contribution in [3.05, 3.63) is 65.7 Å². The van der Waals surface area contributed by atoms with Gasteiger partial charge >= 0.3 is 0 Å². The van der Waals surface area contributed by atoms with Crippen LogP contribution in [-0.2, 0) is 6.54 Å². The second-order valence-corrected chi connectivity index (χ2v) is 5.35. The highest BCUT2D eigenvalue weighted by molar-refractivity contribution is 5.75. The molecule has 22 heavy (non-hydrogen) atoms. The second kappa shape index (κ2) is 5.93. The number of hydrogen-bond donors (Lipinski definition) is 2. The first-order valence-corrected chi connectivity index (χ1v) is 7.23. The third kappa shape index (κ3) is 2.81. The average Bonchev–Trinajstić information content (AvgIpc) is 2.87. The van der Waals surface area contributed by atoms with Gasteiger partial charge in [0.1, 0.15) is 11.6 Å². The van der Waals surface area contributed by atoms with Crippen molar-refractivity contribution in [3.8, 4) is 11.1 Å². The lowest BCUT2D eigenvalue weighted by Crippen LogP contribution is -2.04. The zero-order valence-electron chi connectivity index (χ0n) is 12.8. The number of pyridine rings is 1. The van der Waals surface area contributed by atoms with Crippen LogP contribution in [0.5, 0.6) is 0 Å². The normalized spacial score (nSPS) is 10.6. The van der Waals surface area contributed by atoms with Gasteiger partial charge in [-0.3, -0.25) is 0 Å². The van der Waals surface area contributed by atoms with Crippen molar-refractivity contribution in [1.82, 2.24) is 4.98 Å². The average molecular weight is 293 g/mol. The molecule has 2 aromatic heterocycles. The van der Waals surface area contributed by atoms with Gasteiger partial charge < -0.3 is 15.5 Å². The molecule has 0 aliphatic heterocycles. The van der Waals surface area contributed by atoms with Crippen molar-refractivity contribution in [1.29, 1.82) is 0 Å². The van der Waals surface area contributed by atoms with Crippen molar-refractivity contribution >= 4 is 11.5 Å². The van der Waals surface area contributed by atoms with E-state index in [9.17, 15) is 0 Å². The minimum absolute atomic E-state index is 0.499. The Morgan fingerprint density at radius 1 is 1.18 bits per heavy atom. The molecule has 0 aliphatic carbocycles. The number of benzene rings is 1. The van der Waals surface area contributed by atoms with Crippen LogP contribution >= 0.6 is 0 Å². The van der Waals surface area contributed by atoms with Gasteiger partial charge in [-0.1, -0.05) is 30.3 Å². The Bertz CT molecular complexity index is 759. The number of nitrogen functional groups attached to an aromatic ring is 1. The fraction of sp³-hybridized carbons (Fsp3) is 0.167. The highest BCUT2D eigenvalue weighted by atomic mass is 16.3. The number of aromatic nitrogens is 1. The van der Waals surface area contributed by atoms with Crippen molar-refractivity contribution < 1.29 is 4.42 Å². The molecule has 0 radical (unpaired) electrons. The molecule has 3 rings (SSSR count). The van der Waals surface area contributed by atoms with E-state index in [2.05, 4.69) is 22.4 Å². The molecular weight excluding hydrogens is 274 g/mol. The monoisotopic (exact) mass is 293 g/mol. The van der Waals surface area contributed by atoms with Crippen LogP contribution in [0, 0.1) is 13.8 Å². The van der Waals surface area contributed by atoms with Crippen LogP contribution in [0.3, 0.4) is 0 Å². The van der Waals surface area contributed by atoms with Gasteiger partial charge in [-0.05, 0) is 31.0 Å². The maximum atomic E-state index is 5.99. The third-order valence-electron chi connectivity index (χ3n) is 3.69. The third-order valence-corrected chi connectivity index (χ3v) is 3.69. The lowest BCUT2D eigenvalue weighted by molar-refractivity contribution is 0.534. The highest BCUT2D eigenvalue weighted by Crippen LogP contribution is 2.31. The summed E-state index contributed by atoms with van der Waals surface area (Å²) in [6.45, 7) is 4.69. The number of nitrogens with zero attached hydrogens (tertiary/aromatic N) is 1. The Balaban J connectivity index is 1.87. The number of rotatable bonds is 4. The SMILES string of the molecule is Cc1coc(C)c1-c1cnc(N)c(NCc2ccccc2)c1. The van der Waals surface area contributed by atoms with Gasteiger partial charge in [0.15, 0.2) is 0 Å². The number of hydrogen-bond acceptors (Lipinski definition) is 4. The molecule has 4 nitrogen and oxygen atoms in total. The Kier molecular flexibility index (Phi) is 3.83. The summed E-state index contributed by atoms with van der Waals surface area (Å²) in [7, 11) is 0. The Morgan fingerprint density at radius 3 is 2.64 bits per heavy atom. The quantitative estimate of drug-likeness (QED) is 0.758. The molecule has 3 N–H and O–H groups in total. The van der Waals surface area contributed by atoms with Crippen LogP contribution < -0.4 is 11.1 Å². The molecule has 0 aliphatic rings. The van der Waals surface area contributed by atoms with E-state index in [-0.39, 0.29) is 0 Å². The molecule has 4 heteroatoms. The van der Waals surface area contributed by atoms with Crippen LogP contribution in [0.25, 0.3) is 11.1 Å². The number of furan rings is 1. The van der Waals surface area contributed by atoms with Gasteiger partial charge in [0.25, 0.3) is 0 Å². The van der Waals surface area contributed by atoms with Crippen LogP contribution in [0.15, 0.2) is 53.3 Å². The van der Waals surface area contributed by atoms with Gasteiger partial charge in [-0.15, -0.1) is 0 Å². The standard InChI is InChI=1S/C18H19N3O/c1-12-11-22-13(2)17(12)15-8-16(18(19)21-10-15)20-9-14-6-4-3-5-7-14/h3-8,10-11,20H,9H2,1-2H3,(H2,19,21). The molecular formula is C18H19N3O. The second-order valence-electron chi connectivity index (χ2n) is 5.35. The molecule has 0 spiro atoms. The number of aryl methyl sites for hydroxylation is 2. The smallest absolute Gasteiger partial charge is 0.146 e. The van der Waals surface area contributed by atoms with Gasteiger partial charge in [0.2, 0.25) is 0 Å². The van der Waals surface area contributed by atoms with Gasteiger partial charge in [-0.2, -0.15) is 0 Å². The van der Waals surface area contributed by atoms with E-state index in [0.717, 1.165) is 28.1 Å². The summed E-state index contributed by atoms with van der Waals surface area (Å²) >= 11 is 0. The van der Waals surface area contributed by atoms with Crippen LogP contribution in [0.2, 0.25) is 0 Å². The minimum atomic E-state index is 0.499. The zero-order chi connectivity index (χ0) is 15.5. The summed E-state index contributed by atoms with van der Waals surface area (Å²) in [4.78, 5) is 4.30. The molecule has 0 amide bonds. The molecule has 0 bridgehead atoms. The van der Waals surface area contributed by atoms with Crippen LogP contribution in [0.1, 0.15) is 16.9 Å². The molecule has 2 heterocycles. The van der Waals surface area contributed by atoms with Crippen molar-refractivity contribution in [2.24, 2.45) is 0 Å². The summed E-state index contributed by atoms with van der Waals surface area (Å²) in [5, 5.41) is 3.35. The fourth-order valence-corrected chi connectivity index (χ4v) is 2.55. The number of nitrogens with two attached hydrogens (primary N) is 1. The van der Waals surface area contributed by atoms with Gasteiger partial charge in [-0.25, -0.2) is 4.98 Å². The van der Waals surface area contributed by atoms with Crippen LogP contribution in [-0.4, -0.2) is 4.98 Å². The molecule has 0 fully saturated rings. The maximum absolute atomic E-state index is 5.99. The fourth-order valence-electron chi connectivity index (χ4n) is 2.55. The van der Waals surface area contributed by atoms with Crippen molar-refractivity contribution in [2.45, 2.75) is 20.4 Å². The zero-order valence-corrected chi connectivity index (χ0v) is 12.8. The first kappa shape index (κ1) is 14.2. The topological polar surface area (TPSA) is 64.1 Å². The molecule has 3 aromatic rings. The van der Waals surface area contributed by atoms with Gasteiger partial charge in [0, 0.05) is 23.9 Å². The highest BCUT2D eigenvalue weighted by Gasteiger charge is 2.12. The lowest BCUT2D eigenvalue weighted by Gasteiger charge is -2.11. The van der Waals surface area contributed by atoms with E-state index in [1.807, 2.05) is 38.1 Å². The van der Waals surface area contributed by atoms with E-state index in [1.54, 1.807) is 12.5 Å². The first-order valence-electron chi connectivity index (χ1n) is 7.23. The Morgan fingerprint density at radius 2 is 1.95 bits per heavy atom. The van der Waals surface area contributed by atoms with Crippen molar-refractivity contribution in [2.75, 3.05) is 11.1 Å². The molecule has 112 valence electrons. The molecule has 1 aromatic carbocycles. The van der Waals surface area contributed by atoms with E-state index in [4.69, 9.17) is 10.2 Å². The summed E-state index contributed by atoms with van der Waals surface area (Å²) < 4.78 is 5.47. The lowest BCUT2D eigenvalue weighted by atomic mass is 10.0. The predicted molar refractivity (Wildman–Crippen MR) is 89.6 cm³/mol. The van der Waals surface area contributed by atoms with Gasteiger partial charge in [0.05, 0.1) is 12.0 Å². The maximum Gasteiger partial charge on any atom is 0.146 e.